The van der Waals surface area contributed by atoms with Gasteiger partial charge in [-0.15, -0.1) is 0 Å². The molecule has 0 spiro atoms. The summed E-state index contributed by atoms with van der Waals surface area (Å²) in [6.07, 6.45) is -4.49. The Morgan fingerprint density at radius 1 is 0.950 bits per heavy atom. The minimum Gasteiger partial charge on any atom is -0.267 e. The van der Waals surface area contributed by atoms with Gasteiger partial charge in [0, 0.05) is 0 Å². The lowest BCUT2D eigenvalue weighted by Gasteiger charge is -2.11. The summed E-state index contributed by atoms with van der Waals surface area (Å²) in [5.41, 5.74) is -1.37. The van der Waals surface area contributed by atoms with E-state index in [0.29, 0.717) is 10.1 Å². The Hall–Kier alpha value is -2.08. The number of hydrogen-bond donors (Lipinski definition) is 0. The van der Waals surface area contributed by atoms with Crippen LogP contribution >= 0.6 is 11.5 Å². The monoisotopic (exact) mass is 295 g/mol. The van der Waals surface area contributed by atoms with Crippen LogP contribution in [0.25, 0.3) is 15.8 Å². The molecule has 1 heterocycles. The third kappa shape index (κ3) is 2.02. The van der Waals surface area contributed by atoms with E-state index in [-0.39, 0.29) is 5.69 Å². The van der Waals surface area contributed by atoms with Crippen molar-refractivity contribution in [3.05, 3.63) is 64.4 Å². The smallest absolute Gasteiger partial charge is 0.267 e. The summed E-state index contributed by atoms with van der Waals surface area (Å²) in [5, 5.41) is 0.425. The van der Waals surface area contributed by atoms with E-state index in [2.05, 4.69) is 0 Å². The van der Waals surface area contributed by atoms with Crippen molar-refractivity contribution < 1.29 is 13.2 Å². The fourth-order valence-electron chi connectivity index (χ4n) is 2.02. The van der Waals surface area contributed by atoms with E-state index in [1.807, 2.05) is 0 Å². The van der Waals surface area contributed by atoms with Gasteiger partial charge in [0.05, 0.1) is 21.3 Å². The first kappa shape index (κ1) is 12.9. The number of nitrogens with zero attached hydrogens (tertiary/aromatic N) is 1. The maximum Gasteiger partial charge on any atom is 0.418 e. The molecular formula is C14H8F3NOS. The predicted octanol–water partition coefficient (Wildman–Crippen LogP) is 4.07. The first-order valence-electron chi connectivity index (χ1n) is 5.76. The van der Waals surface area contributed by atoms with Crippen molar-refractivity contribution in [2.75, 3.05) is 0 Å². The Morgan fingerprint density at radius 2 is 1.60 bits per heavy atom. The van der Waals surface area contributed by atoms with Crippen LogP contribution < -0.4 is 5.56 Å². The maximum atomic E-state index is 13.0. The minimum absolute atomic E-state index is 0.133. The highest BCUT2D eigenvalue weighted by molar-refractivity contribution is 7.14. The largest absolute Gasteiger partial charge is 0.418 e. The molecule has 0 fully saturated rings. The number of para-hydroxylation sites is 1. The molecule has 0 bridgehead atoms. The van der Waals surface area contributed by atoms with Crippen molar-refractivity contribution in [3.8, 4) is 5.69 Å². The van der Waals surface area contributed by atoms with Crippen LogP contribution in [0, 0.1) is 0 Å². The van der Waals surface area contributed by atoms with E-state index in [4.69, 9.17) is 0 Å². The molecule has 3 rings (SSSR count). The molecule has 0 saturated carbocycles. The lowest BCUT2D eigenvalue weighted by Crippen LogP contribution is -2.16. The topological polar surface area (TPSA) is 22.0 Å². The van der Waals surface area contributed by atoms with Gasteiger partial charge in [-0.1, -0.05) is 35.8 Å². The molecule has 102 valence electrons. The van der Waals surface area contributed by atoms with Crippen molar-refractivity contribution in [3.63, 3.8) is 0 Å². The molecule has 0 saturated heterocycles. The molecule has 0 radical (unpaired) electrons. The number of halogens is 3. The van der Waals surface area contributed by atoms with Crippen LogP contribution in [-0.2, 0) is 6.18 Å². The summed E-state index contributed by atoms with van der Waals surface area (Å²) in [5.74, 6) is 0. The van der Waals surface area contributed by atoms with Gasteiger partial charge in [0.25, 0.3) is 5.56 Å². The molecule has 6 heteroatoms. The summed E-state index contributed by atoms with van der Waals surface area (Å²) in [6, 6.07) is 11.8. The second-order valence-electron chi connectivity index (χ2n) is 4.20. The predicted molar refractivity (Wildman–Crippen MR) is 72.4 cm³/mol. The first-order chi connectivity index (χ1) is 9.48. The quantitative estimate of drug-likeness (QED) is 0.663. The third-order valence-corrected chi connectivity index (χ3v) is 4.02. The molecule has 20 heavy (non-hydrogen) atoms. The maximum absolute atomic E-state index is 13.0. The molecule has 0 aliphatic heterocycles. The van der Waals surface area contributed by atoms with Crippen LogP contribution in [0.15, 0.2) is 53.3 Å². The zero-order valence-electron chi connectivity index (χ0n) is 10.0. The number of benzene rings is 2. The summed E-state index contributed by atoms with van der Waals surface area (Å²) in [6.45, 7) is 0. The SMILES string of the molecule is O=c1c2ccccc2sn1-c1ccccc1C(F)(F)F. The number of alkyl halides is 3. The van der Waals surface area contributed by atoms with E-state index in [0.717, 1.165) is 21.6 Å². The zero-order valence-corrected chi connectivity index (χ0v) is 10.8. The minimum atomic E-state index is -4.49. The average Bonchev–Trinajstić information content (AvgIpc) is 2.76. The van der Waals surface area contributed by atoms with E-state index in [9.17, 15) is 18.0 Å². The Labute approximate surface area is 115 Å². The van der Waals surface area contributed by atoms with Crippen molar-refractivity contribution in [1.29, 1.82) is 0 Å². The molecule has 0 aliphatic rings. The van der Waals surface area contributed by atoms with Gasteiger partial charge in [-0.3, -0.25) is 4.79 Å². The van der Waals surface area contributed by atoms with Crippen LogP contribution in [0.4, 0.5) is 13.2 Å². The lowest BCUT2D eigenvalue weighted by molar-refractivity contribution is -0.137. The Balaban J connectivity index is 2.32. The molecule has 1 aromatic heterocycles. The van der Waals surface area contributed by atoms with Crippen LogP contribution in [0.3, 0.4) is 0 Å². The van der Waals surface area contributed by atoms with Gasteiger partial charge in [0.1, 0.15) is 0 Å². The van der Waals surface area contributed by atoms with Crippen LogP contribution in [0.2, 0.25) is 0 Å². The van der Waals surface area contributed by atoms with E-state index in [1.54, 1.807) is 24.3 Å². The van der Waals surface area contributed by atoms with Gasteiger partial charge < -0.3 is 0 Å². The number of hydrogen-bond acceptors (Lipinski definition) is 2. The zero-order chi connectivity index (χ0) is 14.3. The molecule has 2 nitrogen and oxygen atoms in total. The second kappa shape index (κ2) is 4.49. The highest BCUT2D eigenvalue weighted by atomic mass is 32.1. The number of aromatic nitrogens is 1. The molecular weight excluding hydrogens is 287 g/mol. The molecule has 2 aromatic carbocycles. The first-order valence-corrected chi connectivity index (χ1v) is 6.53. The number of fused-ring (bicyclic) bond motifs is 1. The Kier molecular flexibility index (Phi) is 2.90. The van der Waals surface area contributed by atoms with E-state index < -0.39 is 17.3 Å². The highest BCUT2D eigenvalue weighted by Crippen LogP contribution is 2.34. The van der Waals surface area contributed by atoms with Gasteiger partial charge in [-0.05, 0) is 24.3 Å². The molecule has 3 aromatic rings. The van der Waals surface area contributed by atoms with Crippen LogP contribution in [0.5, 0.6) is 0 Å². The summed E-state index contributed by atoms with van der Waals surface area (Å²) >= 11 is 1.01. The number of rotatable bonds is 1. The van der Waals surface area contributed by atoms with Gasteiger partial charge in [0.2, 0.25) is 0 Å². The van der Waals surface area contributed by atoms with Gasteiger partial charge in [0.15, 0.2) is 0 Å². The van der Waals surface area contributed by atoms with Gasteiger partial charge in [-0.25, -0.2) is 3.96 Å². The highest BCUT2D eigenvalue weighted by Gasteiger charge is 2.34. The fraction of sp³-hybridized carbons (Fsp3) is 0.0714. The van der Waals surface area contributed by atoms with E-state index >= 15 is 0 Å². The molecule has 0 amide bonds. The normalized spacial score (nSPS) is 11.9. The average molecular weight is 295 g/mol. The Bertz CT molecular complexity index is 832. The second-order valence-corrected chi connectivity index (χ2v) is 5.19. The van der Waals surface area contributed by atoms with Crippen molar-refractivity contribution in [2.45, 2.75) is 6.18 Å². The van der Waals surface area contributed by atoms with Crippen molar-refractivity contribution in [1.82, 2.24) is 3.96 Å². The van der Waals surface area contributed by atoms with Crippen LogP contribution in [-0.4, -0.2) is 3.96 Å². The van der Waals surface area contributed by atoms with Gasteiger partial charge >= 0.3 is 6.18 Å². The standard InChI is InChI=1S/C14H8F3NOS/c15-14(16,17)10-6-2-3-7-11(10)18-13(19)9-5-1-4-8-12(9)20-18/h1-8H. The molecule has 0 N–H and O–H groups in total. The summed E-state index contributed by atoms with van der Waals surface area (Å²) in [7, 11) is 0. The Morgan fingerprint density at radius 3 is 2.30 bits per heavy atom. The van der Waals surface area contributed by atoms with Crippen LogP contribution in [0.1, 0.15) is 5.56 Å². The summed E-state index contributed by atoms with van der Waals surface area (Å²) < 4.78 is 40.8. The molecule has 0 unspecified atom stereocenters. The lowest BCUT2D eigenvalue weighted by atomic mass is 10.1. The van der Waals surface area contributed by atoms with E-state index in [1.165, 1.54) is 18.2 Å². The molecule has 0 aliphatic carbocycles. The summed E-state index contributed by atoms with van der Waals surface area (Å²) in [4.78, 5) is 12.2. The fourth-order valence-corrected chi connectivity index (χ4v) is 3.05. The van der Waals surface area contributed by atoms with Crippen molar-refractivity contribution >= 4 is 21.6 Å². The van der Waals surface area contributed by atoms with Gasteiger partial charge in [-0.2, -0.15) is 13.2 Å². The van der Waals surface area contributed by atoms with Crippen molar-refractivity contribution in [2.24, 2.45) is 0 Å². The molecule has 0 atom stereocenters. The third-order valence-electron chi connectivity index (χ3n) is 2.92.